The molecule has 0 spiro atoms. The molecular weight excluding hydrogens is 575 g/mol. The van der Waals surface area contributed by atoms with Crippen molar-refractivity contribution in [2.24, 2.45) is 0 Å². The molecule has 0 fully saturated rings. The summed E-state index contributed by atoms with van der Waals surface area (Å²) < 4.78 is 34.9. The standard InChI is InChI=1S/C24H21IO6S2/c1-33(28,29)31-22-10-6-5-9-20(22)19(17-7-3-2-4-8-17)13-14-32-23-12-11-18(15-21(23)25)30-16-24(26)27/h2-13,15H,14,16H2,1H3,(H,26,27)/b19-13-. The van der Waals surface area contributed by atoms with Crippen molar-refractivity contribution in [3.8, 4) is 11.5 Å². The van der Waals surface area contributed by atoms with Gasteiger partial charge in [0, 0.05) is 19.8 Å². The third-order valence-electron chi connectivity index (χ3n) is 4.30. The Hall–Kier alpha value is -2.50. The van der Waals surface area contributed by atoms with Gasteiger partial charge in [-0.2, -0.15) is 8.42 Å². The van der Waals surface area contributed by atoms with Gasteiger partial charge in [-0.3, -0.25) is 0 Å². The van der Waals surface area contributed by atoms with E-state index in [-0.39, 0.29) is 12.4 Å². The summed E-state index contributed by atoms with van der Waals surface area (Å²) in [7, 11) is -3.68. The lowest BCUT2D eigenvalue weighted by Crippen LogP contribution is -2.09. The third-order valence-corrected chi connectivity index (χ3v) is 7.04. The van der Waals surface area contributed by atoms with E-state index in [1.165, 1.54) is 0 Å². The molecule has 0 aliphatic rings. The second kappa shape index (κ2) is 11.6. The second-order valence-electron chi connectivity index (χ2n) is 6.85. The van der Waals surface area contributed by atoms with E-state index in [0.29, 0.717) is 17.1 Å². The molecule has 6 nitrogen and oxygen atoms in total. The first kappa shape index (κ1) is 25.1. The summed E-state index contributed by atoms with van der Waals surface area (Å²) in [4.78, 5) is 11.7. The molecule has 33 heavy (non-hydrogen) atoms. The number of benzene rings is 3. The fourth-order valence-electron chi connectivity index (χ4n) is 2.97. The Morgan fingerprint density at radius 1 is 1.06 bits per heavy atom. The smallest absolute Gasteiger partial charge is 0.341 e. The fourth-order valence-corrected chi connectivity index (χ4v) is 5.19. The molecule has 0 aliphatic carbocycles. The van der Waals surface area contributed by atoms with Gasteiger partial charge in [-0.15, -0.1) is 11.8 Å². The molecule has 0 unspecified atom stereocenters. The summed E-state index contributed by atoms with van der Waals surface area (Å²) >= 11 is 3.79. The van der Waals surface area contributed by atoms with Gasteiger partial charge in [-0.05, 0) is 58.0 Å². The molecule has 1 N–H and O–H groups in total. The number of thioether (sulfide) groups is 1. The minimum absolute atomic E-state index is 0.273. The van der Waals surface area contributed by atoms with Crippen LogP contribution >= 0.6 is 34.4 Å². The summed E-state index contributed by atoms with van der Waals surface area (Å²) in [5.74, 6) is 0.360. The Morgan fingerprint density at radius 2 is 1.76 bits per heavy atom. The molecule has 3 aromatic carbocycles. The van der Waals surface area contributed by atoms with Crippen LogP contribution in [0.5, 0.6) is 11.5 Å². The number of carboxylic acid groups (broad SMARTS) is 1. The lowest BCUT2D eigenvalue weighted by Gasteiger charge is -2.14. The number of ether oxygens (including phenoxy) is 1. The number of rotatable bonds is 10. The van der Waals surface area contributed by atoms with E-state index in [1.54, 1.807) is 36.0 Å². The average molecular weight is 596 g/mol. The SMILES string of the molecule is CS(=O)(=O)Oc1ccccc1/C(=C\CSc1ccc(OCC(=O)O)cc1I)c1ccccc1. The molecule has 0 radical (unpaired) electrons. The Morgan fingerprint density at radius 3 is 2.42 bits per heavy atom. The van der Waals surface area contributed by atoms with Crippen molar-refractivity contribution in [3.63, 3.8) is 0 Å². The predicted molar refractivity (Wildman–Crippen MR) is 138 cm³/mol. The van der Waals surface area contributed by atoms with Gasteiger partial charge >= 0.3 is 16.1 Å². The summed E-state index contributed by atoms with van der Waals surface area (Å²) in [5.41, 5.74) is 2.48. The van der Waals surface area contributed by atoms with E-state index in [9.17, 15) is 13.2 Å². The normalized spacial score (nSPS) is 11.8. The minimum atomic E-state index is -3.68. The van der Waals surface area contributed by atoms with E-state index >= 15 is 0 Å². The maximum atomic E-state index is 11.8. The van der Waals surface area contributed by atoms with Crippen LogP contribution in [0.2, 0.25) is 0 Å². The number of hydrogen-bond acceptors (Lipinski definition) is 6. The highest BCUT2D eigenvalue weighted by atomic mass is 127. The molecule has 3 rings (SSSR count). The van der Waals surface area contributed by atoms with Gasteiger partial charge in [-0.25, -0.2) is 4.79 Å². The van der Waals surface area contributed by atoms with Gasteiger partial charge in [-0.1, -0.05) is 54.6 Å². The third kappa shape index (κ3) is 7.79. The Bertz CT molecular complexity index is 1260. The van der Waals surface area contributed by atoms with Crippen molar-refractivity contribution in [1.82, 2.24) is 0 Å². The Balaban J connectivity index is 1.87. The highest BCUT2D eigenvalue weighted by molar-refractivity contribution is 14.1. The maximum Gasteiger partial charge on any atom is 0.341 e. The summed E-state index contributed by atoms with van der Waals surface area (Å²) in [5, 5.41) is 8.76. The maximum absolute atomic E-state index is 11.8. The Kier molecular flexibility index (Phi) is 8.81. The van der Waals surface area contributed by atoms with Crippen LogP contribution < -0.4 is 8.92 Å². The van der Waals surface area contributed by atoms with Crippen LogP contribution in [0.1, 0.15) is 11.1 Å². The van der Waals surface area contributed by atoms with Crippen molar-refractivity contribution in [2.75, 3.05) is 18.6 Å². The van der Waals surface area contributed by atoms with E-state index in [1.807, 2.05) is 54.6 Å². The molecule has 0 saturated carbocycles. The van der Waals surface area contributed by atoms with Gasteiger partial charge in [0.05, 0.1) is 6.26 Å². The summed E-state index contributed by atoms with van der Waals surface area (Å²) in [6, 6.07) is 22.2. The largest absolute Gasteiger partial charge is 0.482 e. The number of carboxylic acids is 1. The van der Waals surface area contributed by atoms with Crippen molar-refractivity contribution < 1.29 is 27.2 Å². The van der Waals surface area contributed by atoms with Gasteiger partial charge in [0.2, 0.25) is 0 Å². The molecule has 172 valence electrons. The first-order chi connectivity index (χ1) is 15.7. The zero-order valence-electron chi connectivity index (χ0n) is 17.6. The molecule has 0 amide bonds. The van der Waals surface area contributed by atoms with E-state index in [4.69, 9.17) is 14.0 Å². The van der Waals surface area contributed by atoms with Crippen LogP contribution in [-0.2, 0) is 14.9 Å². The van der Waals surface area contributed by atoms with Crippen LogP contribution in [0.4, 0.5) is 0 Å². The number of aliphatic carboxylic acids is 1. The molecule has 0 atom stereocenters. The second-order valence-corrected chi connectivity index (χ2v) is 10.7. The zero-order valence-corrected chi connectivity index (χ0v) is 21.4. The van der Waals surface area contributed by atoms with Gasteiger partial charge < -0.3 is 14.0 Å². The van der Waals surface area contributed by atoms with E-state index in [0.717, 1.165) is 25.9 Å². The highest BCUT2D eigenvalue weighted by Crippen LogP contribution is 2.34. The molecule has 0 bridgehead atoms. The topological polar surface area (TPSA) is 89.9 Å². The first-order valence-corrected chi connectivity index (χ1v) is 13.6. The molecule has 0 aromatic heterocycles. The highest BCUT2D eigenvalue weighted by Gasteiger charge is 2.14. The molecule has 9 heteroatoms. The molecule has 0 aliphatic heterocycles. The zero-order chi connectivity index (χ0) is 23.8. The van der Waals surface area contributed by atoms with E-state index in [2.05, 4.69) is 22.6 Å². The van der Waals surface area contributed by atoms with Crippen molar-refractivity contribution in [2.45, 2.75) is 4.90 Å². The van der Waals surface area contributed by atoms with Crippen molar-refractivity contribution in [3.05, 3.63) is 93.6 Å². The quantitative estimate of drug-likeness (QED) is 0.193. The van der Waals surface area contributed by atoms with Crippen LogP contribution in [0.25, 0.3) is 5.57 Å². The van der Waals surface area contributed by atoms with E-state index < -0.39 is 16.1 Å². The summed E-state index contributed by atoms with van der Waals surface area (Å²) in [6.07, 6.45) is 3.06. The fraction of sp³-hybridized carbons (Fsp3) is 0.125. The monoisotopic (exact) mass is 596 g/mol. The number of hydrogen-bond donors (Lipinski definition) is 1. The molecular formula is C24H21IO6S2. The number of halogens is 1. The summed E-state index contributed by atoms with van der Waals surface area (Å²) in [6.45, 7) is -0.388. The Labute approximate surface area is 210 Å². The van der Waals surface area contributed by atoms with Crippen molar-refractivity contribution in [1.29, 1.82) is 0 Å². The number of para-hydroxylation sites is 1. The van der Waals surface area contributed by atoms with Crippen LogP contribution in [0.3, 0.4) is 0 Å². The average Bonchev–Trinajstić information content (AvgIpc) is 2.77. The first-order valence-electron chi connectivity index (χ1n) is 9.74. The molecule has 3 aromatic rings. The van der Waals surface area contributed by atoms with Gasteiger partial charge in [0.25, 0.3) is 0 Å². The van der Waals surface area contributed by atoms with Crippen LogP contribution in [-0.4, -0.2) is 38.1 Å². The minimum Gasteiger partial charge on any atom is -0.482 e. The van der Waals surface area contributed by atoms with Crippen LogP contribution in [0.15, 0.2) is 83.8 Å². The van der Waals surface area contributed by atoms with Gasteiger partial charge in [0.15, 0.2) is 6.61 Å². The van der Waals surface area contributed by atoms with Gasteiger partial charge in [0.1, 0.15) is 11.5 Å². The lowest BCUT2D eigenvalue weighted by atomic mass is 9.97. The van der Waals surface area contributed by atoms with Crippen LogP contribution in [0, 0.1) is 3.57 Å². The number of carbonyl (C=O) groups is 1. The molecule has 0 saturated heterocycles. The lowest BCUT2D eigenvalue weighted by molar-refractivity contribution is -0.139. The predicted octanol–water partition coefficient (Wildman–Crippen LogP) is 5.32. The van der Waals surface area contributed by atoms with Crippen molar-refractivity contribution >= 4 is 56.0 Å². The molecule has 0 heterocycles.